The second kappa shape index (κ2) is 5.80. The summed E-state index contributed by atoms with van der Waals surface area (Å²) in [5.74, 6) is 0.443. The minimum absolute atomic E-state index is 0.190. The predicted molar refractivity (Wildman–Crippen MR) is 81.3 cm³/mol. The first kappa shape index (κ1) is 14.2. The van der Waals surface area contributed by atoms with E-state index in [1.165, 1.54) is 6.42 Å². The fraction of sp³-hybridized carbons (Fsp3) is 0.600. The molecule has 2 unspecified atom stereocenters. The number of hydrogen-bond acceptors (Lipinski definition) is 4. The van der Waals surface area contributed by atoms with E-state index in [1.54, 1.807) is 0 Å². The van der Waals surface area contributed by atoms with Crippen LogP contribution in [0.5, 0.6) is 0 Å². The molecule has 1 aliphatic heterocycles. The van der Waals surface area contributed by atoms with Gasteiger partial charge in [-0.25, -0.2) is 0 Å². The van der Waals surface area contributed by atoms with Gasteiger partial charge in [-0.15, -0.1) is 0 Å². The fourth-order valence-corrected chi connectivity index (χ4v) is 2.63. The molecule has 1 radical (unpaired) electrons. The van der Waals surface area contributed by atoms with Crippen LogP contribution in [0.25, 0.3) is 0 Å². The Labute approximate surface area is 116 Å². The highest BCUT2D eigenvalue weighted by Gasteiger charge is 2.39. The summed E-state index contributed by atoms with van der Waals surface area (Å²) in [5, 5.41) is 10.5. The van der Waals surface area contributed by atoms with E-state index in [0.717, 1.165) is 24.3 Å². The van der Waals surface area contributed by atoms with Gasteiger partial charge in [0.1, 0.15) is 0 Å². The summed E-state index contributed by atoms with van der Waals surface area (Å²) < 4.78 is 0. The van der Waals surface area contributed by atoms with E-state index in [2.05, 4.69) is 54.0 Å². The highest BCUT2D eigenvalue weighted by atomic mass is 15.5. The average molecular weight is 261 g/mol. The number of nitrogens with zero attached hydrogens (tertiary/aromatic N) is 1. The molecular formula is C15H25N4. The van der Waals surface area contributed by atoms with Crippen molar-refractivity contribution < 1.29 is 0 Å². The molecule has 1 aliphatic rings. The lowest BCUT2D eigenvalue weighted by Crippen LogP contribution is -2.55. The molecule has 0 bridgehead atoms. The maximum atomic E-state index is 3.63. The molecule has 1 heterocycles. The van der Waals surface area contributed by atoms with E-state index in [-0.39, 0.29) is 5.79 Å². The van der Waals surface area contributed by atoms with Gasteiger partial charge in [-0.05, 0) is 58.2 Å². The Morgan fingerprint density at radius 2 is 2.11 bits per heavy atom. The topological polar surface area (TPSA) is 39.3 Å². The van der Waals surface area contributed by atoms with Crippen LogP contribution in [0.4, 0.5) is 11.4 Å². The van der Waals surface area contributed by atoms with E-state index >= 15 is 0 Å². The third kappa shape index (κ3) is 3.01. The zero-order valence-electron chi connectivity index (χ0n) is 12.4. The highest BCUT2D eigenvalue weighted by molar-refractivity contribution is 5.75. The Kier molecular flexibility index (Phi) is 4.32. The van der Waals surface area contributed by atoms with Crippen molar-refractivity contribution >= 4 is 11.4 Å². The summed E-state index contributed by atoms with van der Waals surface area (Å²) in [4.78, 5) is 2.23. The second-order valence-corrected chi connectivity index (χ2v) is 5.68. The van der Waals surface area contributed by atoms with E-state index in [4.69, 9.17) is 0 Å². The molecule has 1 aromatic carbocycles. The SMILES string of the molecule is CNCCC(C)CC1(N(C)C)Nc2c[c]ccc2N1. The molecule has 0 fully saturated rings. The standard InChI is InChI=1S/C15H25N4/c1-12(9-10-16-2)11-15(19(3)4)17-13-7-5-6-8-14(13)18-15/h5,7-8,12,16-18H,9-11H2,1-4H3. The van der Waals surface area contributed by atoms with Crippen LogP contribution in [-0.4, -0.2) is 38.4 Å². The van der Waals surface area contributed by atoms with Gasteiger partial charge in [0.2, 0.25) is 0 Å². The third-order valence-corrected chi connectivity index (χ3v) is 3.84. The van der Waals surface area contributed by atoms with Crippen molar-refractivity contribution in [3.63, 3.8) is 0 Å². The van der Waals surface area contributed by atoms with Crippen molar-refractivity contribution in [3.8, 4) is 0 Å². The third-order valence-electron chi connectivity index (χ3n) is 3.84. The molecule has 19 heavy (non-hydrogen) atoms. The summed E-state index contributed by atoms with van der Waals surface area (Å²) in [6.45, 7) is 3.37. The molecular weight excluding hydrogens is 236 g/mol. The molecule has 1 aromatic rings. The largest absolute Gasteiger partial charge is 0.349 e. The number of rotatable bonds is 6. The van der Waals surface area contributed by atoms with Crippen LogP contribution in [0.1, 0.15) is 19.8 Å². The van der Waals surface area contributed by atoms with Gasteiger partial charge in [0.15, 0.2) is 5.79 Å². The average Bonchev–Trinajstić information content (AvgIpc) is 2.75. The van der Waals surface area contributed by atoms with Crippen molar-refractivity contribution in [3.05, 3.63) is 24.3 Å². The summed E-state index contributed by atoms with van der Waals surface area (Å²) in [5.41, 5.74) is 2.30. The zero-order chi connectivity index (χ0) is 13.9. The fourth-order valence-electron chi connectivity index (χ4n) is 2.63. The first-order valence-corrected chi connectivity index (χ1v) is 6.96. The van der Waals surface area contributed by atoms with Crippen molar-refractivity contribution in [1.82, 2.24) is 10.2 Å². The lowest BCUT2D eigenvalue weighted by Gasteiger charge is -2.39. The lowest BCUT2D eigenvalue weighted by molar-refractivity contribution is 0.180. The second-order valence-electron chi connectivity index (χ2n) is 5.68. The summed E-state index contributed by atoms with van der Waals surface area (Å²) in [7, 11) is 6.23. The number of benzene rings is 1. The van der Waals surface area contributed by atoms with Gasteiger partial charge in [0.25, 0.3) is 0 Å². The predicted octanol–water partition coefficient (Wildman–Crippen LogP) is 2.18. The molecule has 0 amide bonds. The van der Waals surface area contributed by atoms with E-state index in [0.29, 0.717) is 5.92 Å². The molecule has 0 spiro atoms. The Balaban J connectivity index is 2.09. The minimum atomic E-state index is -0.190. The summed E-state index contributed by atoms with van der Waals surface area (Å²) in [6.07, 6.45) is 2.23. The molecule has 2 rings (SSSR count). The molecule has 0 aromatic heterocycles. The van der Waals surface area contributed by atoms with Crippen LogP contribution < -0.4 is 16.0 Å². The van der Waals surface area contributed by atoms with Gasteiger partial charge in [0, 0.05) is 6.42 Å². The smallest absolute Gasteiger partial charge is 0.166 e. The normalized spacial score (nSPS) is 17.7. The summed E-state index contributed by atoms with van der Waals surface area (Å²) in [6, 6.07) is 9.16. The first-order valence-electron chi connectivity index (χ1n) is 6.96. The Bertz CT molecular complexity index is 391. The number of nitrogens with one attached hydrogen (secondary N) is 3. The van der Waals surface area contributed by atoms with Crippen molar-refractivity contribution in [2.24, 2.45) is 5.92 Å². The van der Waals surface area contributed by atoms with Crippen LogP contribution in [-0.2, 0) is 0 Å². The van der Waals surface area contributed by atoms with Gasteiger partial charge in [0.05, 0.1) is 11.4 Å². The van der Waals surface area contributed by atoms with Crippen molar-refractivity contribution in [2.75, 3.05) is 38.3 Å². The van der Waals surface area contributed by atoms with Gasteiger partial charge in [-0.2, -0.15) is 0 Å². The molecule has 0 aliphatic carbocycles. The van der Waals surface area contributed by atoms with Crippen LogP contribution in [0, 0.1) is 12.0 Å². The Morgan fingerprint density at radius 1 is 1.37 bits per heavy atom. The monoisotopic (exact) mass is 261 g/mol. The van der Waals surface area contributed by atoms with Gasteiger partial charge >= 0.3 is 0 Å². The van der Waals surface area contributed by atoms with Gasteiger partial charge in [-0.1, -0.05) is 13.0 Å². The van der Waals surface area contributed by atoms with Crippen LogP contribution in [0.15, 0.2) is 18.2 Å². The molecule has 3 N–H and O–H groups in total. The van der Waals surface area contributed by atoms with E-state index < -0.39 is 0 Å². The quantitative estimate of drug-likeness (QED) is 0.734. The van der Waals surface area contributed by atoms with E-state index in [1.807, 2.05) is 19.2 Å². The molecule has 2 atom stereocenters. The zero-order valence-corrected chi connectivity index (χ0v) is 12.4. The Morgan fingerprint density at radius 3 is 2.74 bits per heavy atom. The van der Waals surface area contributed by atoms with Crippen LogP contribution in [0.3, 0.4) is 0 Å². The number of hydrogen-bond donors (Lipinski definition) is 3. The lowest BCUT2D eigenvalue weighted by atomic mass is 9.98. The van der Waals surface area contributed by atoms with Gasteiger partial charge in [-0.3, -0.25) is 4.90 Å². The maximum absolute atomic E-state index is 3.63. The van der Waals surface area contributed by atoms with Gasteiger partial charge < -0.3 is 16.0 Å². The van der Waals surface area contributed by atoms with Crippen LogP contribution in [0.2, 0.25) is 0 Å². The molecule has 105 valence electrons. The molecule has 0 saturated heterocycles. The Hall–Kier alpha value is -1.26. The number of fused-ring (bicyclic) bond motifs is 1. The minimum Gasteiger partial charge on any atom is -0.349 e. The van der Waals surface area contributed by atoms with Crippen molar-refractivity contribution in [1.29, 1.82) is 0 Å². The summed E-state index contributed by atoms with van der Waals surface area (Å²) >= 11 is 0. The van der Waals surface area contributed by atoms with Crippen molar-refractivity contribution in [2.45, 2.75) is 25.6 Å². The highest BCUT2D eigenvalue weighted by Crippen LogP contribution is 2.37. The molecule has 4 heteroatoms. The van der Waals surface area contributed by atoms with Crippen LogP contribution >= 0.6 is 0 Å². The first-order chi connectivity index (χ1) is 9.07. The van der Waals surface area contributed by atoms with E-state index in [9.17, 15) is 0 Å². The molecule has 4 nitrogen and oxygen atoms in total. The maximum Gasteiger partial charge on any atom is 0.166 e. The number of anilines is 2. The molecule has 0 saturated carbocycles.